The minimum absolute atomic E-state index is 0.107. The highest BCUT2D eigenvalue weighted by atomic mass is 35.5. The first-order chi connectivity index (χ1) is 12.1. The molecule has 0 aliphatic carbocycles. The Bertz CT molecular complexity index is 717. The van der Waals surface area contributed by atoms with Crippen molar-refractivity contribution >= 4 is 29.1 Å². The lowest BCUT2D eigenvalue weighted by molar-refractivity contribution is 0.0993. The molecule has 6 heteroatoms. The number of benzene rings is 2. The normalized spacial score (nSPS) is 10.2. The van der Waals surface area contributed by atoms with Crippen LogP contribution in [0.15, 0.2) is 48.5 Å². The van der Waals surface area contributed by atoms with E-state index in [4.69, 9.17) is 16.3 Å². The maximum absolute atomic E-state index is 12.0. The summed E-state index contributed by atoms with van der Waals surface area (Å²) in [5, 5.41) is 5.69. The van der Waals surface area contributed by atoms with Crippen LogP contribution in [0.1, 0.15) is 30.1 Å². The highest BCUT2D eigenvalue weighted by Crippen LogP contribution is 2.16. The van der Waals surface area contributed by atoms with Gasteiger partial charge in [0, 0.05) is 16.3 Å². The molecular formula is C19H21ClN2O3. The van der Waals surface area contributed by atoms with Crippen LogP contribution in [0.5, 0.6) is 5.75 Å². The molecule has 0 heterocycles. The number of halogens is 1. The lowest BCUT2D eigenvalue weighted by Gasteiger charge is -2.09. The molecule has 0 fully saturated rings. The summed E-state index contributed by atoms with van der Waals surface area (Å²) in [4.78, 5) is 23.9. The first kappa shape index (κ1) is 18.8. The van der Waals surface area contributed by atoms with Crippen molar-refractivity contribution in [2.45, 2.75) is 19.8 Å². The molecule has 2 rings (SSSR count). The lowest BCUT2D eigenvalue weighted by Crippen LogP contribution is -2.33. The van der Waals surface area contributed by atoms with E-state index in [0.717, 1.165) is 18.6 Å². The summed E-state index contributed by atoms with van der Waals surface area (Å²) in [6.07, 6.45) is 2.08. The second-order valence-electron chi connectivity index (χ2n) is 5.47. The van der Waals surface area contributed by atoms with Gasteiger partial charge in [0.25, 0.3) is 0 Å². The largest absolute Gasteiger partial charge is 0.494 e. The molecule has 0 aliphatic rings. The predicted molar refractivity (Wildman–Crippen MR) is 99.6 cm³/mol. The van der Waals surface area contributed by atoms with Gasteiger partial charge in [0.15, 0.2) is 5.78 Å². The third kappa shape index (κ3) is 6.47. The maximum atomic E-state index is 12.0. The molecule has 2 aromatic rings. The predicted octanol–water partition coefficient (Wildman–Crippen LogP) is 4.52. The number of ketones is 1. The SMILES string of the molecule is CCCCOc1ccc(NC(=O)NCC(=O)c2cccc(Cl)c2)cc1. The molecule has 5 nitrogen and oxygen atoms in total. The smallest absolute Gasteiger partial charge is 0.319 e. The summed E-state index contributed by atoms with van der Waals surface area (Å²) >= 11 is 5.85. The number of nitrogens with one attached hydrogen (secondary N) is 2. The van der Waals surface area contributed by atoms with Gasteiger partial charge in [-0.25, -0.2) is 4.79 Å². The van der Waals surface area contributed by atoms with Crippen LogP contribution in [0.4, 0.5) is 10.5 Å². The van der Waals surface area contributed by atoms with Crippen LogP contribution in [-0.4, -0.2) is 25.0 Å². The van der Waals surface area contributed by atoms with Crippen molar-refractivity contribution in [2.75, 3.05) is 18.5 Å². The van der Waals surface area contributed by atoms with E-state index in [9.17, 15) is 9.59 Å². The van der Waals surface area contributed by atoms with E-state index < -0.39 is 6.03 Å². The van der Waals surface area contributed by atoms with Crippen molar-refractivity contribution in [3.05, 3.63) is 59.1 Å². The Morgan fingerprint density at radius 3 is 2.56 bits per heavy atom. The van der Waals surface area contributed by atoms with E-state index in [1.807, 2.05) is 0 Å². The fraction of sp³-hybridized carbons (Fsp3) is 0.263. The van der Waals surface area contributed by atoms with E-state index >= 15 is 0 Å². The summed E-state index contributed by atoms with van der Waals surface area (Å²) < 4.78 is 5.56. The number of amides is 2. The Hall–Kier alpha value is -2.53. The van der Waals surface area contributed by atoms with Gasteiger partial charge < -0.3 is 15.4 Å². The molecule has 0 aromatic heterocycles. The van der Waals surface area contributed by atoms with Gasteiger partial charge in [0.1, 0.15) is 5.75 Å². The van der Waals surface area contributed by atoms with Gasteiger partial charge in [-0.3, -0.25) is 4.79 Å². The number of hydrogen-bond donors (Lipinski definition) is 2. The number of ether oxygens (including phenoxy) is 1. The Morgan fingerprint density at radius 2 is 1.88 bits per heavy atom. The molecule has 0 radical (unpaired) electrons. The molecular weight excluding hydrogens is 340 g/mol. The topological polar surface area (TPSA) is 67.4 Å². The Labute approximate surface area is 152 Å². The van der Waals surface area contributed by atoms with Crippen LogP contribution < -0.4 is 15.4 Å². The number of rotatable bonds is 8. The average molecular weight is 361 g/mol. The van der Waals surface area contributed by atoms with Crippen LogP contribution >= 0.6 is 11.6 Å². The minimum atomic E-state index is -0.449. The number of carbonyl (C=O) groups excluding carboxylic acids is 2. The van der Waals surface area contributed by atoms with Gasteiger partial charge in [0.05, 0.1) is 13.2 Å². The molecule has 2 amide bonds. The summed E-state index contributed by atoms with van der Waals surface area (Å²) in [7, 11) is 0. The van der Waals surface area contributed by atoms with Crippen molar-refractivity contribution in [2.24, 2.45) is 0 Å². The zero-order chi connectivity index (χ0) is 18.1. The molecule has 2 N–H and O–H groups in total. The fourth-order valence-corrected chi connectivity index (χ4v) is 2.26. The Balaban J connectivity index is 1.79. The average Bonchev–Trinajstić information content (AvgIpc) is 2.61. The van der Waals surface area contributed by atoms with Gasteiger partial charge in [-0.1, -0.05) is 37.1 Å². The van der Waals surface area contributed by atoms with E-state index in [-0.39, 0.29) is 12.3 Å². The molecule has 0 atom stereocenters. The van der Waals surface area contributed by atoms with E-state index in [1.54, 1.807) is 48.5 Å². The quantitative estimate of drug-likeness (QED) is 0.537. The molecule has 0 saturated heterocycles. The van der Waals surface area contributed by atoms with Crippen molar-refractivity contribution in [1.82, 2.24) is 5.32 Å². The second kappa shape index (κ2) is 9.69. The standard InChI is InChI=1S/C19H21ClN2O3/c1-2-3-11-25-17-9-7-16(8-10-17)22-19(24)21-13-18(23)14-5-4-6-15(20)12-14/h4-10,12H,2-3,11,13H2,1H3,(H2,21,22,24). The first-order valence-electron chi connectivity index (χ1n) is 8.15. The van der Waals surface area contributed by atoms with Gasteiger partial charge in [-0.05, 0) is 42.8 Å². The zero-order valence-electron chi connectivity index (χ0n) is 14.0. The number of Topliss-reactive ketones (excluding diaryl/α,β-unsaturated/α-hetero) is 1. The van der Waals surface area contributed by atoms with Gasteiger partial charge in [-0.2, -0.15) is 0 Å². The summed E-state index contributed by atoms with van der Waals surface area (Å²) in [6, 6.07) is 13.2. The Morgan fingerprint density at radius 1 is 1.12 bits per heavy atom. The number of hydrogen-bond acceptors (Lipinski definition) is 3. The summed E-state index contributed by atoms with van der Waals surface area (Å²) in [6.45, 7) is 2.67. The number of urea groups is 1. The third-order valence-corrected chi connectivity index (χ3v) is 3.67. The molecule has 0 unspecified atom stereocenters. The lowest BCUT2D eigenvalue weighted by atomic mass is 10.1. The number of anilines is 1. The van der Waals surface area contributed by atoms with Crippen molar-refractivity contribution < 1.29 is 14.3 Å². The highest BCUT2D eigenvalue weighted by molar-refractivity contribution is 6.31. The monoisotopic (exact) mass is 360 g/mol. The number of carbonyl (C=O) groups is 2. The van der Waals surface area contributed by atoms with Crippen LogP contribution in [0, 0.1) is 0 Å². The fourth-order valence-electron chi connectivity index (χ4n) is 2.07. The molecule has 25 heavy (non-hydrogen) atoms. The van der Waals surface area contributed by atoms with Gasteiger partial charge in [-0.15, -0.1) is 0 Å². The minimum Gasteiger partial charge on any atom is -0.494 e. The molecule has 0 spiro atoms. The van der Waals surface area contributed by atoms with Crippen LogP contribution in [0.2, 0.25) is 5.02 Å². The first-order valence-corrected chi connectivity index (χ1v) is 8.52. The van der Waals surface area contributed by atoms with Gasteiger partial charge in [0.2, 0.25) is 0 Å². The van der Waals surface area contributed by atoms with Crippen LogP contribution in [0.25, 0.3) is 0 Å². The number of unbranched alkanes of at least 4 members (excludes halogenated alkanes) is 1. The summed E-state index contributed by atoms with van der Waals surface area (Å²) in [5.41, 5.74) is 1.08. The van der Waals surface area contributed by atoms with E-state index in [2.05, 4.69) is 17.6 Å². The summed E-state index contributed by atoms with van der Waals surface area (Å²) in [5.74, 6) is 0.549. The third-order valence-electron chi connectivity index (χ3n) is 3.43. The maximum Gasteiger partial charge on any atom is 0.319 e. The Kier molecular flexibility index (Phi) is 7.29. The van der Waals surface area contributed by atoms with Crippen molar-refractivity contribution in [1.29, 1.82) is 0 Å². The highest BCUT2D eigenvalue weighted by Gasteiger charge is 2.09. The van der Waals surface area contributed by atoms with Crippen LogP contribution in [0.3, 0.4) is 0 Å². The molecule has 2 aromatic carbocycles. The molecule has 132 valence electrons. The molecule has 0 aliphatic heterocycles. The zero-order valence-corrected chi connectivity index (χ0v) is 14.8. The van der Waals surface area contributed by atoms with E-state index in [1.165, 1.54) is 0 Å². The second-order valence-corrected chi connectivity index (χ2v) is 5.90. The van der Waals surface area contributed by atoms with Gasteiger partial charge >= 0.3 is 6.03 Å². The van der Waals surface area contributed by atoms with Crippen molar-refractivity contribution in [3.63, 3.8) is 0 Å². The van der Waals surface area contributed by atoms with Crippen LogP contribution in [-0.2, 0) is 0 Å². The molecule has 0 saturated carbocycles. The van der Waals surface area contributed by atoms with E-state index in [0.29, 0.717) is 22.9 Å². The van der Waals surface area contributed by atoms with Crippen molar-refractivity contribution in [3.8, 4) is 5.75 Å². The molecule has 0 bridgehead atoms.